The lowest BCUT2D eigenvalue weighted by atomic mass is 10.2. The second-order valence-corrected chi connectivity index (χ2v) is 4.82. The van der Waals surface area contributed by atoms with Crippen molar-refractivity contribution in [3.63, 3.8) is 0 Å². The van der Waals surface area contributed by atoms with Crippen LogP contribution in [0.1, 0.15) is 6.92 Å². The van der Waals surface area contributed by atoms with E-state index in [2.05, 4.69) is 12.6 Å². The molecule has 0 saturated heterocycles. The van der Waals surface area contributed by atoms with Crippen LogP contribution in [-0.4, -0.2) is 6.61 Å². The predicted octanol–water partition coefficient (Wildman–Crippen LogP) is 3.17. The van der Waals surface area contributed by atoms with Crippen LogP contribution in [0.5, 0.6) is 5.75 Å². The molecule has 2 nitrogen and oxygen atoms in total. The van der Waals surface area contributed by atoms with Crippen molar-refractivity contribution in [1.82, 2.24) is 0 Å². The highest BCUT2D eigenvalue weighted by Crippen LogP contribution is 2.36. The van der Waals surface area contributed by atoms with Crippen LogP contribution in [0.15, 0.2) is 22.4 Å². The van der Waals surface area contributed by atoms with Crippen LogP contribution in [0.2, 0.25) is 0 Å². The average molecular weight is 225 g/mol. The van der Waals surface area contributed by atoms with Gasteiger partial charge in [0.05, 0.1) is 10.8 Å². The second-order valence-electron chi connectivity index (χ2n) is 2.95. The van der Waals surface area contributed by atoms with E-state index in [1.807, 2.05) is 25.1 Å². The zero-order chi connectivity index (χ0) is 10.1. The SMILES string of the molecule is CCOc1cc(N)cc2sc(S)cc12. The summed E-state index contributed by atoms with van der Waals surface area (Å²) in [6, 6.07) is 5.81. The smallest absolute Gasteiger partial charge is 0.130 e. The highest BCUT2D eigenvalue weighted by atomic mass is 32.2. The van der Waals surface area contributed by atoms with Gasteiger partial charge in [0.25, 0.3) is 0 Å². The molecule has 14 heavy (non-hydrogen) atoms. The Hall–Kier alpha value is -0.870. The fraction of sp³-hybridized carbons (Fsp3) is 0.200. The largest absolute Gasteiger partial charge is 0.493 e. The maximum atomic E-state index is 5.77. The van der Waals surface area contributed by atoms with Gasteiger partial charge in [0.15, 0.2) is 0 Å². The molecule has 74 valence electrons. The van der Waals surface area contributed by atoms with Crippen LogP contribution in [0.4, 0.5) is 5.69 Å². The van der Waals surface area contributed by atoms with Gasteiger partial charge in [-0.15, -0.1) is 24.0 Å². The van der Waals surface area contributed by atoms with Gasteiger partial charge in [-0.1, -0.05) is 0 Å². The van der Waals surface area contributed by atoms with Crippen molar-refractivity contribution in [3.8, 4) is 5.75 Å². The van der Waals surface area contributed by atoms with Crippen molar-refractivity contribution in [2.75, 3.05) is 12.3 Å². The lowest BCUT2D eigenvalue weighted by Gasteiger charge is -2.05. The summed E-state index contributed by atoms with van der Waals surface area (Å²) in [5.74, 6) is 0.846. The third-order valence-electron chi connectivity index (χ3n) is 1.91. The summed E-state index contributed by atoms with van der Waals surface area (Å²) in [6.45, 7) is 2.61. The number of anilines is 1. The number of rotatable bonds is 2. The Morgan fingerprint density at radius 2 is 2.21 bits per heavy atom. The molecule has 0 saturated carbocycles. The van der Waals surface area contributed by atoms with Crippen molar-refractivity contribution < 1.29 is 4.74 Å². The number of hydrogen-bond donors (Lipinski definition) is 2. The first-order valence-electron chi connectivity index (χ1n) is 4.35. The Kier molecular flexibility index (Phi) is 2.56. The standard InChI is InChI=1S/C10H11NOS2/c1-2-12-8-3-6(11)4-9-7(8)5-10(13)14-9/h3-5,13H,2,11H2,1H3. The number of nitrogens with two attached hydrogens (primary N) is 1. The van der Waals surface area contributed by atoms with Crippen LogP contribution >= 0.6 is 24.0 Å². The quantitative estimate of drug-likeness (QED) is 0.608. The molecule has 4 heteroatoms. The lowest BCUT2D eigenvalue weighted by Crippen LogP contribution is -1.93. The van der Waals surface area contributed by atoms with Crippen molar-refractivity contribution in [2.24, 2.45) is 0 Å². The van der Waals surface area contributed by atoms with Gasteiger partial charge in [0, 0.05) is 21.8 Å². The van der Waals surface area contributed by atoms with E-state index in [4.69, 9.17) is 10.5 Å². The molecule has 2 rings (SSSR count). The highest BCUT2D eigenvalue weighted by molar-refractivity contribution is 7.83. The summed E-state index contributed by atoms with van der Waals surface area (Å²) in [4.78, 5) is 0. The average Bonchev–Trinajstić information content (AvgIpc) is 2.45. The molecule has 0 unspecified atom stereocenters. The maximum absolute atomic E-state index is 5.77. The summed E-state index contributed by atoms with van der Waals surface area (Å²) >= 11 is 5.93. The summed E-state index contributed by atoms with van der Waals surface area (Å²) in [5.41, 5.74) is 6.50. The Morgan fingerprint density at radius 1 is 1.43 bits per heavy atom. The molecule has 2 N–H and O–H groups in total. The van der Waals surface area contributed by atoms with Crippen LogP contribution in [0, 0.1) is 0 Å². The molecule has 0 aliphatic carbocycles. The highest BCUT2D eigenvalue weighted by Gasteiger charge is 2.06. The molecule has 0 bridgehead atoms. The van der Waals surface area contributed by atoms with E-state index in [0.717, 1.165) is 25.7 Å². The van der Waals surface area contributed by atoms with E-state index in [0.29, 0.717) is 6.61 Å². The van der Waals surface area contributed by atoms with Gasteiger partial charge in [0.1, 0.15) is 5.75 Å². The first-order valence-corrected chi connectivity index (χ1v) is 5.62. The van der Waals surface area contributed by atoms with Crippen LogP contribution < -0.4 is 10.5 Å². The molecule has 1 aromatic carbocycles. The van der Waals surface area contributed by atoms with Crippen molar-refractivity contribution >= 4 is 39.7 Å². The monoisotopic (exact) mass is 225 g/mol. The molecule has 0 aliphatic heterocycles. The topological polar surface area (TPSA) is 35.2 Å². The van der Waals surface area contributed by atoms with Crippen molar-refractivity contribution in [1.29, 1.82) is 0 Å². The fourth-order valence-electron chi connectivity index (χ4n) is 1.39. The number of thiol groups is 1. The summed E-state index contributed by atoms with van der Waals surface area (Å²) in [5, 5.41) is 1.09. The molecule has 1 heterocycles. The number of ether oxygens (including phenoxy) is 1. The first kappa shape index (κ1) is 9.68. The zero-order valence-electron chi connectivity index (χ0n) is 7.78. The number of nitrogen functional groups attached to an aromatic ring is 1. The van der Waals surface area contributed by atoms with Gasteiger partial charge in [-0.2, -0.15) is 0 Å². The van der Waals surface area contributed by atoms with E-state index in [9.17, 15) is 0 Å². The van der Waals surface area contributed by atoms with E-state index >= 15 is 0 Å². The van der Waals surface area contributed by atoms with Crippen molar-refractivity contribution in [2.45, 2.75) is 11.1 Å². The van der Waals surface area contributed by atoms with Gasteiger partial charge in [-0.25, -0.2) is 0 Å². The van der Waals surface area contributed by atoms with E-state index in [1.54, 1.807) is 11.3 Å². The summed E-state index contributed by atoms with van der Waals surface area (Å²) < 4.78 is 7.61. The predicted molar refractivity (Wildman–Crippen MR) is 64.7 cm³/mol. The Labute approximate surface area is 92.1 Å². The first-order chi connectivity index (χ1) is 6.70. The number of benzene rings is 1. The number of thiophene rings is 1. The molecular weight excluding hydrogens is 214 g/mol. The van der Waals surface area contributed by atoms with E-state index < -0.39 is 0 Å². The zero-order valence-corrected chi connectivity index (χ0v) is 9.49. The molecule has 0 atom stereocenters. The molecule has 1 aromatic heterocycles. The van der Waals surface area contributed by atoms with Crippen LogP contribution in [0.3, 0.4) is 0 Å². The molecule has 0 fully saturated rings. The molecule has 0 spiro atoms. The lowest BCUT2D eigenvalue weighted by molar-refractivity contribution is 0.344. The molecule has 2 aromatic rings. The van der Waals surface area contributed by atoms with Crippen LogP contribution in [-0.2, 0) is 0 Å². The third kappa shape index (κ3) is 1.67. The molecule has 0 aliphatic rings. The van der Waals surface area contributed by atoms with E-state index in [1.165, 1.54) is 0 Å². The fourth-order valence-corrected chi connectivity index (χ4v) is 2.68. The Balaban J connectivity index is 2.66. The van der Waals surface area contributed by atoms with Gasteiger partial charge in [-0.05, 0) is 19.1 Å². The molecular formula is C10H11NOS2. The second kappa shape index (κ2) is 3.71. The van der Waals surface area contributed by atoms with Gasteiger partial charge < -0.3 is 10.5 Å². The van der Waals surface area contributed by atoms with Crippen molar-refractivity contribution in [3.05, 3.63) is 18.2 Å². The Bertz CT molecular complexity index is 464. The molecule has 0 radical (unpaired) electrons. The minimum atomic E-state index is 0.649. The minimum absolute atomic E-state index is 0.649. The van der Waals surface area contributed by atoms with Gasteiger partial charge >= 0.3 is 0 Å². The molecule has 0 amide bonds. The number of fused-ring (bicyclic) bond motifs is 1. The minimum Gasteiger partial charge on any atom is -0.493 e. The van der Waals surface area contributed by atoms with Gasteiger partial charge in [0.2, 0.25) is 0 Å². The number of hydrogen-bond acceptors (Lipinski definition) is 4. The van der Waals surface area contributed by atoms with E-state index in [-0.39, 0.29) is 0 Å². The summed E-state index contributed by atoms with van der Waals surface area (Å²) in [6.07, 6.45) is 0. The normalized spacial score (nSPS) is 10.7. The van der Waals surface area contributed by atoms with Gasteiger partial charge in [-0.3, -0.25) is 0 Å². The van der Waals surface area contributed by atoms with Crippen LogP contribution in [0.25, 0.3) is 10.1 Å². The maximum Gasteiger partial charge on any atom is 0.130 e. The summed E-state index contributed by atoms with van der Waals surface area (Å²) in [7, 11) is 0. The third-order valence-corrected chi connectivity index (χ3v) is 3.20. The Morgan fingerprint density at radius 3 is 2.93 bits per heavy atom.